The fourth-order valence-electron chi connectivity index (χ4n) is 13.0. The van der Waals surface area contributed by atoms with Crippen LogP contribution in [0.4, 0.5) is 0 Å². The molecule has 6 unspecified atom stereocenters. The van der Waals surface area contributed by atoms with Crippen molar-refractivity contribution in [1.29, 1.82) is 0 Å². The zero-order chi connectivity index (χ0) is 66.6. The molecule has 26 atom stereocenters. The summed E-state index contributed by atoms with van der Waals surface area (Å²) in [6.07, 6.45) is -15.4. The van der Waals surface area contributed by atoms with Crippen LogP contribution in [0.3, 0.4) is 0 Å². The lowest BCUT2D eigenvalue weighted by atomic mass is 9.90. The second-order valence-corrected chi connectivity index (χ2v) is 26.6. The molecule has 0 amide bonds. The summed E-state index contributed by atoms with van der Waals surface area (Å²) in [5, 5.41) is 91.2. The first-order valence-electron chi connectivity index (χ1n) is 34.3. The van der Waals surface area contributed by atoms with Crippen molar-refractivity contribution in [3.05, 3.63) is 42.0 Å². The Kier molecular flexibility index (Phi) is 31.4. The van der Waals surface area contributed by atoms with Gasteiger partial charge in [-0.3, -0.25) is 9.59 Å². The zero-order valence-electron chi connectivity index (χ0n) is 55.3. The fourth-order valence-corrected chi connectivity index (χ4v) is 13.0. The van der Waals surface area contributed by atoms with Gasteiger partial charge in [0, 0.05) is 24.8 Å². The molecule has 0 spiro atoms. The fraction of sp³-hybridized carbons (Fsp3) is 0.838. The predicted octanol–water partition coefficient (Wildman–Crippen LogP) is 6.10. The van der Waals surface area contributed by atoms with Crippen LogP contribution in [0.2, 0.25) is 0 Å². The maximum atomic E-state index is 13.8. The Bertz CT molecular complexity index is 2330. The Morgan fingerprint density at radius 1 is 0.554 bits per heavy atom. The number of aliphatic hydroxyl groups is 8. The minimum atomic E-state index is -1.90. The maximum absolute atomic E-state index is 13.8. The molecule has 8 N–H and O–H groups in total. The lowest BCUT2D eigenvalue weighted by Crippen LogP contribution is -2.66. The molecule has 6 fully saturated rings. The molecule has 24 nitrogen and oxygen atoms in total. The highest BCUT2D eigenvalue weighted by Crippen LogP contribution is 2.40. The van der Waals surface area contributed by atoms with Gasteiger partial charge in [0.1, 0.15) is 67.1 Å². The molecular formula is C68H110O24. The van der Waals surface area contributed by atoms with Gasteiger partial charge in [-0.15, -0.1) is 0 Å². The Labute approximate surface area is 543 Å². The van der Waals surface area contributed by atoms with Crippen molar-refractivity contribution in [2.45, 2.75) is 344 Å². The van der Waals surface area contributed by atoms with Crippen LogP contribution in [0.5, 0.6) is 0 Å². The summed E-state index contributed by atoms with van der Waals surface area (Å²) >= 11 is 0. The number of hydrogen-bond donors (Lipinski definition) is 8. The maximum Gasteiger partial charge on any atom is 0.331 e. The van der Waals surface area contributed by atoms with Crippen LogP contribution in [-0.4, -0.2) is 219 Å². The van der Waals surface area contributed by atoms with Crippen LogP contribution in [0.1, 0.15) is 196 Å². The van der Waals surface area contributed by atoms with Crippen molar-refractivity contribution in [1.82, 2.24) is 0 Å². The van der Waals surface area contributed by atoms with Crippen molar-refractivity contribution in [3.63, 3.8) is 0 Å². The molecule has 6 aliphatic heterocycles. The third kappa shape index (κ3) is 21.6. The van der Waals surface area contributed by atoms with Gasteiger partial charge in [-0.2, -0.15) is 0 Å². The SMILES string of the molecule is CCCCC[C@H]1CCCCCCCCCC(=O)O[C@@H]2C(OC3C(O1)O[C@H](C)[C@H](O)[C@@H]3O)O[C@@H](C)[C@H](O[C@@H]1O[C@@H](C)[C@H](O[C@@H]3O[C@@H](C)C(OC(=O)CCCCCCCCC(C)C)[C@@H](OC(=O)/C=C/c4ccccc4)[C@H]3O)C(O[C@@H]3O[C@H](CO)[C@@H](O)[C@H](O)[C@@H]3O)C1C)[C@H]2O. The quantitative estimate of drug-likeness (QED) is 0.0251. The van der Waals surface area contributed by atoms with Gasteiger partial charge in [-0.05, 0) is 70.9 Å². The molecule has 0 saturated carbocycles. The second kappa shape index (κ2) is 38.0. The molecular weight excluding hydrogens is 1200 g/mol. The molecule has 6 aliphatic rings. The summed E-state index contributed by atoms with van der Waals surface area (Å²) in [5.41, 5.74) is 0.689. The van der Waals surface area contributed by atoms with Gasteiger partial charge in [0.05, 0.1) is 43.2 Å². The van der Waals surface area contributed by atoms with E-state index in [0.29, 0.717) is 24.3 Å². The van der Waals surface area contributed by atoms with Crippen LogP contribution >= 0.6 is 0 Å². The molecule has 7 rings (SSSR count). The average molecular weight is 1310 g/mol. The molecule has 92 heavy (non-hydrogen) atoms. The highest BCUT2D eigenvalue weighted by Gasteiger charge is 2.57. The van der Waals surface area contributed by atoms with Gasteiger partial charge in [0.25, 0.3) is 0 Å². The number of carbonyl (C=O) groups is 3. The summed E-state index contributed by atoms with van der Waals surface area (Å²) < 4.78 is 82.6. The normalized spacial score (nSPS) is 39.8. The second-order valence-electron chi connectivity index (χ2n) is 26.6. The van der Waals surface area contributed by atoms with E-state index >= 15 is 0 Å². The largest absolute Gasteiger partial charge is 0.455 e. The highest BCUT2D eigenvalue weighted by molar-refractivity contribution is 5.87. The van der Waals surface area contributed by atoms with Crippen LogP contribution in [-0.2, 0) is 76.0 Å². The van der Waals surface area contributed by atoms with Crippen molar-refractivity contribution < 1.29 is 117 Å². The van der Waals surface area contributed by atoms with Gasteiger partial charge in [-0.25, -0.2) is 4.79 Å². The number of esters is 3. The average Bonchev–Trinajstić information content (AvgIpc) is 0.818. The van der Waals surface area contributed by atoms with Crippen molar-refractivity contribution in [2.75, 3.05) is 6.61 Å². The number of hydrogen-bond acceptors (Lipinski definition) is 24. The van der Waals surface area contributed by atoms with Gasteiger partial charge in [0.2, 0.25) is 0 Å². The summed E-state index contributed by atoms with van der Waals surface area (Å²) in [4.78, 5) is 41.1. The Hall–Kier alpha value is -3.35. The topological polar surface area (TPSA) is 333 Å². The minimum absolute atomic E-state index is 0.00362. The Morgan fingerprint density at radius 3 is 1.87 bits per heavy atom. The zero-order valence-corrected chi connectivity index (χ0v) is 55.3. The van der Waals surface area contributed by atoms with E-state index in [9.17, 15) is 55.2 Å². The van der Waals surface area contributed by atoms with Crippen molar-refractivity contribution in [3.8, 4) is 0 Å². The predicted molar refractivity (Wildman–Crippen MR) is 331 cm³/mol. The third-order valence-electron chi connectivity index (χ3n) is 18.7. The smallest absolute Gasteiger partial charge is 0.331 e. The molecule has 0 radical (unpaired) electrons. The standard InChI is InChI=1S/C68H110O24/c1-9-10-21-31-45-32-25-17-12-11-13-18-27-34-48(71)88-63-55(78)58(41(6)83-68(63)92-62-53(76)50(73)40(5)80-67(62)84-45)90-64-39(4)57(89-65-54(77)52(75)51(74)46(37-69)85-65)59(42(7)81-64)91-66-56(79)61(87-49(72)36-35-44-29-23-20-24-30-44)60(43(8)82-66)86-47(70)33-26-19-15-14-16-22-28-38(2)3/h20,23-24,29-30,35-36,38-43,45-46,50-69,73-79H,9-19,21-22,25-28,31-34,37H2,1-8H3/b36-35+/t39?,40-,41+,42+,43+,45+,46-,50+,51-,52+,53+,54+,55-,56-,57?,58+,59+,60?,61+,62?,63+,64+,65+,66+,67?,68?/m1/s1. The molecule has 24 heteroatoms. The summed E-state index contributed by atoms with van der Waals surface area (Å²) in [6.45, 7) is 13.7. The molecule has 1 aromatic carbocycles. The molecule has 6 heterocycles. The molecule has 0 aliphatic carbocycles. The first-order chi connectivity index (χ1) is 44.1. The Balaban J connectivity index is 1.14. The lowest BCUT2D eigenvalue weighted by Gasteiger charge is -2.51. The summed E-state index contributed by atoms with van der Waals surface area (Å²) in [6, 6.07) is 8.97. The number of unbranched alkanes of at least 4 members (excludes halogenated alkanes) is 7. The monoisotopic (exact) mass is 1310 g/mol. The number of benzene rings is 1. The van der Waals surface area contributed by atoms with E-state index in [1.165, 1.54) is 12.2 Å². The van der Waals surface area contributed by atoms with Gasteiger partial charge in [0.15, 0.2) is 49.8 Å². The molecule has 1 aromatic rings. The number of carbonyl (C=O) groups excluding carboxylic acids is 3. The molecule has 6 saturated heterocycles. The lowest BCUT2D eigenvalue weighted by molar-refractivity contribution is -0.394. The molecule has 526 valence electrons. The van der Waals surface area contributed by atoms with E-state index in [0.717, 1.165) is 109 Å². The van der Waals surface area contributed by atoms with Crippen LogP contribution in [0, 0.1) is 11.8 Å². The number of aliphatic hydroxyl groups excluding tert-OH is 8. The Morgan fingerprint density at radius 2 is 1.16 bits per heavy atom. The van der Waals surface area contributed by atoms with E-state index in [4.69, 9.17) is 61.6 Å². The van der Waals surface area contributed by atoms with Crippen molar-refractivity contribution in [2.24, 2.45) is 11.8 Å². The van der Waals surface area contributed by atoms with E-state index in [1.54, 1.807) is 58.9 Å². The number of rotatable bonds is 24. The van der Waals surface area contributed by atoms with E-state index in [2.05, 4.69) is 20.8 Å². The third-order valence-corrected chi connectivity index (χ3v) is 18.7. The first-order valence-corrected chi connectivity index (χ1v) is 34.3. The molecule has 0 bridgehead atoms. The minimum Gasteiger partial charge on any atom is -0.455 e. The van der Waals surface area contributed by atoms with Crippen molar-refractivity contribution >= 4 is 24.0 Å². The van der Waals surface area contributed by atoms with Gasteiger partial charge in [-0.1, -0.05) is 154 Å². The number of ether oxygens (including phenoxy) is 13. The van der Waals surface area contributed by atoms with E-state index < -0.39 is 178 Å². The van der Waals surface area contributed by atoms with Crippen LogP contribution in [0.25, 0.3) is 6.08 Å². The summed E-state index contributed by atoms with van der Waals surface area (Å²) in [7, 11) is 0. The van der Waals surface area contributed by atoms with Crippen LogP contribution < -0.4 is 0 Å². The first kappa shape index (κ1) is 76.0. The van der Waals surface area contributed by atoms with E-state index in [-0.39, 0.29) is 18.9 Å². The number of fused-ring (bicyclic) bond motifs is 2. The summed E-state index contributed by atoms with van der Waals surface area (Å²) in [5.74, 6) is -2.52. The van der Waals surface area contributed by atoms with Gasteiger partial charge < -0.3 is 102 Å². The molecule has 0 aromatic heterocycles. The van der Waals surface area contributed by atoms with Gasteiger partial charge >= 0.3 is 17.9 Å². The highest BCUT2D eigenvalue weighted by atomic mass is 16.8. The van der Waals surface area contributed by atoms with E-state index in [1.807, 2.05) is 6.07 Å². The van der Waals surface area contributed by atoms with Crippen LogP contribution in [0.15, 0.2) is 36.4 Å².